The molecule has 0 saturated carbocycles. The van der Waals surface area contributed by atoms with Crippen LogP contribution in [0.4, 0.5) is 0 Å². The maximum Gasteiger partial charge on any atom is 0.161 e. The molecular weight excluding hydrogens is 278 g/mol. The van der Waals surface area contributed by atoms with Gasteiger partial charge in [-0.15, -0.1) is 0 Å². The summed E-state index contributed by atoms with van der Waals surface area (Å²) in [6, 6.07) is 13.7. The summed E-state index contributed by atoms with van der Waals surface area (Å²) in [4.78, 5) is 0. The first kappa shape index (κ1) is 14.9. The largest absolute Gasteiger partial charge is 0.632 e. The number of hydrogen-bond acceptors (Lipinski definition) is 3. The summed E-state index contributed by atoms with van der Waals surface area (Å²) in [6.07, 6.45) is 0.749. The van der Waals surface area contributed by atoms with Gasteiger partial charge in [-0.2, -0.15) is 0 Å². The minimum Gasteiger partial charge on any atom is -0.632 e. The zero-order valence-electron chi connectivity index (χ0n) is 13.2. The Hall–Kier alpha value is -2.04. The highest BCUT2D eigenvalue weighted by Gasteiger charge is 2.35. The van der Waals surface area contributed by atoms with E-state index < -0.39 is 0 Å². The van der Waals surface area contributed by atoms with Gasteiger partial charge in [-0.3, -0.25) is 0 Å². The average Bonchev–Trinajstić information content (AvgIpc) is 2.53. The van der Waals surface area contributed by atoms with E-state index >= 15 is 0 Å². The van der Waals surface area contributed by atoms with Crippen molar-refractivity contribution in [1.82, 2.24) is 0 Å². The van der Waals surface area contributed by atoms with Crippen LogP contribution < -0.4 is 9.47 Å². The minimum absolute atomic E-state index is 0.232. The second kappa shape index (κ2) is 5.63. The first-order valence-corrected chi connectivity index (χ1v) is 7.43. The van der Waals surface area contributed by atoms with Gasteiger partial charge in [0.05, 0.1) is 27.8 Å². The molecule has 0 aromatic heterocycles. The lowest BCUT2D eigenvalue weighted by atomic mass is 9.87. The van der Waals surface area contributed by atoms with Crippen LogP contribution in [-0.4, -0.2) is 32.5 Å². The molecule has 3 rings (SSSR count). The van der Waals surface area contributed by atoms with E-state index in [1.54, 1.807) is 21.3 Å². The van der Waals surface area contributed by atoms with E-state index in [1.165, 1.54) is 0 Å². The van der Waals surface area contributed by atoms with Crippen molar-refractivity contribution in [2.24, 2.45) is 0 Å². The summed E-state index contributed by atoms with van der Waals surface area (Å²) in [7, 11) is 5.00. The van der Waals surface area contributed by atoms with E-state index in [4.69, 9.17) is 9.47 Å². The summed E-state index contributed by atoms with van der Waals surface area (Å²) in [6.45, 7) is 0.558. The molecule has 0 saturated heterocycles. The topological polar surface area (TPSA) is 41.5 Å². The Bertz CT molecular complexity index is 668. The molecule has 1 aliphatic rings. The van der Waals surface area contributed by atoms with E-state index in [9.17, 15) is 5.21 Å². The SMILES string of the molecule is COc1cc2c(cc1OC)[C@@H](c1ccccc1)[N@@+](C)([O-])CC2. The van der Waals surface area contributed by atoms with Crippen molar-refractivity contribution >= 4 is 0 Å². The predicted molar refractivity (Wildman–Crippen MR) is 86.0 cm³/mol. The van der Waals surface area contributed by atoms with Crippen LogP contribution in [0.1, 0.15) is 22.7 Å². The van der Waals surface area contributed by atoms with Crippen LogP contribution in [-0.2, 0) is 6.42 Å². The standard InChI is InChI=1S/C18H21NO3/c1-19(20)10-9-14-11-16(21-2)17(22-3)12-15(14)18(19)13-7-5-4-6-8-13/h4-8,11-12,18H,9-10H2,1-3H3/t18-,19+/m1/s1. The maximum atomic E-state index is 13.0. The zero-order chi connectivity index (χ0) is 15.7. The van der Waals surface area contributed by atoms with Gasteiger partial charge in [0.25, 0.3) is 0 Å². The number of fused-ring (bicyclic) bond motifs is 1. The maximum absolute atomic E-state index is 13.0. The molecule has 1 aliphatic heterocycles. The van der Waals surface area contributed by atoms with Crippen molar-refractivity contribution in [3.63, 3.8) is 0 Å². The van der Waals surface area contributed by atoms with Gasteiger partial charge >= 0.3 is 0 Å². The molecule has 4 nitrogen and oxygen atoms in total. The third kappa shape index (κ3) is 2.45. The second-order valence-electron chi connectivity index (χ2n) is 5.87. The Morgan fingerprint density at radius 2 is 1.68 bits per heavy atom. The van der Waals surface area contributed by atoms with Gasteiger partial charge in [0.2, 0.25) is 0 Å². The number of benzene rings is 2. The summed E-state index contributed by atoms with van der Waals surface area (Å²) < 4.78 is 10.5. The van der Waals surface area contributed by atoms with Crippen molar-refractivity contribution in [3.05, 3.63) is 64.4 Å². The number of ether oxygens (including phenoxy) is 2. The Morgan fingerprint density at radius 3 is 2.32 bits per heavy atom. The van der Waals surface area contributed by atoms with E-state index in [2.05, 4.69) is 0 Å². The molecule has 0 radical (unpaired) electrons. The number of nitrogens with zero attached hydrogens (tertiary/aromatic N) is 1. The van der Waals surface area contributed by atoms with Gasteiger partial charge in [0.15, 0.2) is 11.5 Å². The molecule has 0 bridgehead atoms. The minimum atomic E-state index is -0.299. The van der Waals surface area contributed by atoms with Crippen molar-refractivity contribution < 1.29 is 14.1 Å². The molecule has 0 N–H and O–H groups in total. The van der Waals surface area contributed by atoms with Crippen LogP contribution >= 0.6 is 0 Å². The summed E-state index contributed by atoms with van der Waals surface area (Å²) in [5, 5.41) is 13.0. The third-order valence-corrected chi connectivity index (χ3v) is 4.43. The third-order valence-electron chi connectivity index (χ3n) is 4.43. The van der Waals surface area contributed by atoms with Gasteiger partial charge < -0.3 is 19.3 Å². The van der Waals surface area contributed by atoms with Crippen molar-refractivity contribution in [2.45, 2.75) is 12.5 Å². The van der Waals surface area contributed by atoms with E-state index in [1.807, 2.05) is 42.5 Å². The molecule has 2 aromatic rings. The van der Waals surface area contributed by atoms with Crippen LogP contribution in [0.3, 0.4) is 0 Å². The summed E-state index contributed by atoms with van der Waals surface area (Å²) in [5.74, 6) is 1.39. The van der Waals surface area contributed by atoms with Crippen molar-refractivity contribution in [1.29, 1.82) is 0 Å². The first-order valence-electron chi connectivity index (χ1n) is 7.43. The summed E-state index contributed by atoms with van der Waals surface area (Å²) in [5.41, 5.74) is 3.23. The van der Waals surface area contributed by atoms with Crippen LogP contribution in [0.15, 0.2) is 42.5 Å². The van der Waals surface area contributed by atoms with Gasteiger partial charge in [0, 0.05) is 17.5 Å². The van der Waals surface area contributed by atoms with Gasteiger partial charge in [-0.1, -0.05) is 30.3 Å². The fourth-order valence-electron chi connectivity index (χ4n) is 3.30. The van der Waals surface area contributed by atoms with Crippen LogP contribution in [0, 0.1) is 5.21 Å². The van der Waals surface area contributed by atoms with Crippen molar-refractivity contribution in [3.8, 4) is 11.5 Å². The number of quaternary nitrogens is 1. The van der Waals surface area contributed by atoms with E-state index in [0.717, 1.165) is 28.9 Å². The number of methoxy groups -OCH3 is 2. The van der Waals surface area contributed by atoms with Crippen molar-refractivity contribution in [2.75, 3.05) is 27.8 Å². The Balaban J connectivity index is 2.18. The molecule has 116 valence electrons. The zero-order valence-corrected chi connectivity index (χ0v) is 13.2. The summed E-state index contributed by atoms with van der Waals surface area (Å²) >= 11 is 0. The van der Waals surface area contributed by atoms with Gasteiger partial charge in [0.1, 0.15) is 6.04 Å². The molecule has 22 heavy (non-hydrogen) atoms. The molecule has 2 aromatic carbocycles. The molecule has 0 spiro atoms. The number of hydroxylamine groups is 3. The number of hydrogen-bond donors (Lipinski definition) is 0. The predicted octanol–water partition coefficient (Wildman–Crippen LogP) is 3.29. The number of rotatable bonds is 3. The average molecular weight is 299 g/mol. The fourth-order valence-corrected chi connectivity index (χ4v) is 3.30. The molecule has 0 unspecified atom stereocenters. The lowest BCUT2D eigenvalue weighted by molar-refractivity contribution is -0.888. The van der Waals surface area contributed by atoms with Gasteiger partial charge in [-0.25, -0.2) is 0 Å². The highest BCUT2D eigenvalue weighted by molar-refractivity contribution is 5.50. The first-order chi connectivity index (χ1) is 10.6. The normalized spacial score (nSPS) is 23.7. The fraction of sp³-hybridized carbons (Fsp3) is 0.333. The lowest BCUT2D eigenvalue weighted by Gasteiger charge is -2.49. The molecule has 4 heteroatoms. The van der Waals surface area contributed by atoms with E-state index in [-0.39, 0.29) is 10.7 Å². The molecule has 2 atom stereocenters. The highest BCUT2D eigenvalue weighted by Crippen LogP contribution is 2.43. The lowest BCUT2D eigenvalue weighted by Crippen LogP contribution is -2.46. The van der Waals surface area contributed by atoms with Crippen LogP contribution in [0.5, 0.6) is 11.5 Å². The highest BCUT2D eigenvalue weighted by atomic mass is 16.5. The Kier molecular flexibility index (Phi) is 3.81. The molecule has 0 amide bonds. The monoisotopic (exact) mass is 299 g/mol. The van der Waals surface area contributed by atoms with Crippen LogP contribution in [0.25, 0.3) is 0 Å². The van der Waals surface area contributed by atoms with Gasteiger partial charge in [-0.05, 0) is 17.7 Å². The molecule has 1 heterocycles. The smallest absolute Gasteiger partial charge is 0.161 e. The Labute approximate surface area is 131 Å². The Morgan fingerprint density at radius 1 is 1.05 bits per heavy atom. The number of likely N-dealkylation sites (N-methyl/N-ethyl adjacent to an activating group) is 1. The molecular formula is C18H21NO3. The molecule has 0 fully saturated rings. The molecule has 0 aliphatic carbocycles. The quantitative estimate of drug-likeness (QED) is 0.645. The van der Waals surface area contributed by atoms with Crippen LogP contribution in [0.2, 0.25) is 0 Å². The second-order valence-corrected chi connectivity index (χ2v) is 5.87. The van der Waals surface area contributed by atoms with E-state index in [0.29, 0.717) is 12.3 Å².